The molecule has 3 aliphatic rings. The number of anilines is 1. The molecule has 1 aromatic heterocycles. The minimum Gasteiger partial charge on any atom is -0.370 e. The van der Waals surface area contributed by atoms with Gasteiger partial charge in [-0.15, -0.1) is 0 Å². The Balaban J connectivity index is 1.13. The Kier molecular flexibility index (Phi) is 5.73. The minimum atomic E-state index is -0.0996. The van der Waals surface area contributed by atoms with Gasteiger partial charge in [0.1, 0.15) is 0 Å². The lowest BCUT2D eigenvalue weighted by Crippen LogP contribution is -2.46. The Morgan fingerprint density at radius 1 is 0.935 bits per heavy atom. The molecule has 3 heterocycles. The number of likely N-dealkylation sites (tertiary alicyclic amines) is 1. The van der Waals surface area contributed by atoms with Gasteiger partial charge in [0, 0.05) is 55.6 Å². The Morgan fingerprint density at radius 3 is 2.29 bits per heavy atom. The number of hydrogen-bond donors (Lipinski definition) is 0. The van der Waals surface area contributed by atoms with Crippen molar-refractivity contribution in [3.05, 3.63) is 59.9 Å². The van der Waals surface area contributed by atoms with E-state index in [1.54, 1.807) is 0 Å². The van der Waals surface area contributed by atoms with E-state index in [0.29, 0.717) is 17.7 Å². The summed E-state index contributed by atoms with van der Waals surface area (Å²) in [5.74, 6) is 1.60. The van der Waals surface area contributed by atoms with Crippen LogP contribution >= 0.6 is 0 Å². The van der Waals surface area contributed by atoms with Crippen LogP contribution in [-0.2, 0) is 4.79 Å². The third-order valence-electron chi connectivity index (χ3n) is 8.02. The van der Waals surface area contributed by atoms with Crippen molar-refractivity contribution in [3.8, 4) is 0 Å². The minimum absolute atomic E-state index is 0.0996. The zero-order valence-corrected chi connectivity index (χ0v) is 18.8. The highest BCUT2D eigenvalue weighted by molar-refractivity contribution is 5.82. The summed E-state index contributed by atoms with van der Waals surface area (Å²) < 4.78 is 0. The van der Waals surface area contributed by atoms with Gasteiger partial charge in [0.15, 0.2) is 0 Å². The molecule has 5 rings (SSSR count). The maximum Gasteiger partial charge on any atom is 0.228 e. The average molecular weight is 418 g/mol. The molecule has 0 bridgehead atoms. The molecular weight excluding hydrogens is 382 g/mol. The molecule has 4 heteroatoms. The molecule has 1 aromatic carbocycles. The highest BCUT2D eigenvalue weighted by Crippen LogP contribution is 2.39. The number of hydrogen-bond acceptors (Lipinski definition) is 3. The third kappa shape index (κ3) is 4.22. The molecule has 2 saturated heterocycles. The SMILES string of the molecule is CC1(C(=O)N2CCC(c3ccc(N4CC(c5cccnc5)C4)cc3)CC2)CCCCC1. The van der Waals surface area contributed by atoms with E-state index < -0.39 is 0 Å². The predicted octanol–water partition coefficient (Wildman–Crippen LogP) is 5.36. The molecule has 164 valence electrons. The van der Waals surface area contributed by atoms with E-state index in [1.165, 1.54) is 36.1 Å². The molecule has 1 amide bonds. The van der Waals surface area contributed by atoms with Gasteiger partial charge >= 0.3 is 0 Å². The number of piperidine rings is 1. The zero-order chi connectivity index (χ0) is 21.3. The van der Waals surface area contributed by atoms with Crippen molar-refractivity contribution in [2.75, 3.05) is 31.1 Å². The van der Waals surface area contributed by atoms with Gasteiger partial charge in [-0.1, -0.05) is 44.4 Å². The van der Waals surface area contributed by atoms with E-state index in [4.69, 9.17) is 0 Å². The second-order valence-corrected chi connectivity index (χ2v) is 10.2. The molecule has 0 unspecified atom stereocenters. The highest BCUT2D eigenvalue weighted by atomic mass is 16.2. The van der Waals surface area contributed by atoms with E-state index in [2.05, 4.69) is 52.0 Å². The van der Waals surface area contributed by atoms with Crippen LogP contribution in [0.3, 0.4) is 0 Å². The molecular formula is C27H35N3O. The zero-order valence-electron chi connectivity index (χ0n) is 18.8. The molecule has 0 spiro atoms. The fourth-order valence-electron chi connectivity index (χ4n) is 5.82. The van der Waals surface area contributed by atoms with Crippen LogP contribution in [0.25, 0.3) is 0 Å². The van der Waals surface area contributed by atoms with Crippen LogP contribution in [0.5, 0.6) is 0 Å². The smallest absolute Gasteiger partial charge is 0.228 e. The topological polar surface area (TPSA) is 36.4 Å². The Hall–Kier alpha value is -2.36. The van der Waals surface area contributed by atoms with Crippen molar-refractivity contribution >= 4 is 11.6 Å². The first-order chi connectivity index (χ1) is 15.1. The summed E-state index contributed by atoms with van der Waals surface area (Å²) in [7, 11) is 0. The number of amides is 1. The maximum absolute atomic E-state index is 13.1. The number of pyridine rings is 1. The summed E-state index contributed by atoms with van der Waals surface area (Å²) in [4.78, 5) is 22.0. The lowest BCUT2D eigenvalue weighted by atomic mass is 9.74. The van der Waals surface area contributed by atoms with E-state index in [1.807, 2.05) is 18.5 Å². The van der Waals surface area contributed by atoms with Crippen molar-refractivity contribution in [1.82, 2.24) is 9.88 Å². The van der Waals surface area contributed by atoms with Crippen LogP contribution in [0.2, 0.25) is 0 Å². The summed E-state index contributed by atoms with van der Waals surface area (Å²) >= 11 is 0. The summed E-state index contributed by atoms with van der Waals surface area (Å²) in [5.41, 5.74) is 4.00. The van der Waals surface area contributed by atoms with Crippen LogP contribution in [0.4, 0.5) is 5.69 Å². The summed E-state index contributed by atoms with van der Waals surface area (Å²) in [6.07, 6.45) is 11.9. The van der Waals surface area contributed by atoms with Crippen molar-refractivity contribution in [2.24, 2.45) is 5.41 Å². The second-order valence-electron chi connectivity index (χ2n) is 10.2. The van der Waals surface area contributed by atoms with Gasteiger partial charge in [0.2, 0.25) is 5.91 Å². The molecule has 0 N–H and O–H groups in total. The maximum atomic E-state index is 13.1. The first-order valence-electron chi connectivity index (χ1n) is 12.2. The predicted molar refractivity (Wildman–Crippen MR) is 125 cm³/mol. The first-order valence-corrected chi connectivity index (χ1v) is 12.2. The summed E-state index contributed by atoms with van der Waals surface area (Å²) in [5, 5.41) is 0. The molecule has 1 saturated carbocycles. The summed E-state index contributed by atoms with van der Waals surface area (Å²) in [6, 6.07) is 13.4. The largest absolute Gasteiger partial charge is 0.370 e. The Labute approximate surface area is 186 Å². The van der Waals surface area contributed by atoms with Crippen LogP contribution in [0.1, 0.15) is 74.8 Å². The van der Waals surface area contributed by atoms with Crippen molar-refractivity contribution in [3.63, 3.8) is 0 Å². The summed E-state index contributed by atoms with van der Waals surface area (Å²) in [6.45, 7) is 6.18. The lowest BCUT2D eigenvalue weighted by molar-refractivity contribution is -0.144. The number of carbonyl (C=O) groups is 1. The molecule has 2 aromatic rings. The Bertz CT molecular complexity index is 874. The quantitative estimate of drug-likeness (QED) is 0.672. The van der Waals surface area contributed by atoms with Gasteiger partial charge in [-0.3, -0.25) is 9.78 Å². The standard InChI is InChI=1S/C27H35N3O/c1-27(13-3-2-4-14-27)26(31)29-16-11-22(12-17-29)21-7-9-25(10-8-21)30-19-24(20-30)23-6-5-15-28-18-23/h5-10,15,18,22,24H,2-4,11-14,16-17,19-20H2,1H3. The first kappa shape index (κ1) is 20.5. The van der Waals surface area contributed by atoms with E-state index in [-0.39, 0.29) is 5.41 Å². The number of carbonyl (C=O) groups excluding carboxylic acids is 1. The lowest BCUT2D eigenvalue weighted by Gasteiger charge is -2.41. The van der Waals surface area contributed by atoms with Crippen LogP contribution in [0, 0.1) is 5.41 Å². The van der Waals surface area contributed by atoms with Gasteiger partial charge in [-0.05, 0) is 60.9 Å². The number of rotatable bonds is 4. The third-order valence-corrected chi connectivity index (χ3v) is 8.02. The van der Waals surface area contributed by atoms with Gasteiger partial charge in [-0.25, -0.2) is 0 Å². The number of aromatic nitrogens is 1. The van der Waals surface area contributed by atoms with Crippen LogP contribution < -0.4 is 4.90 Å². The van der Waals surface area contributed by atoms with Crippen molar-refractivity contribution < 1.29 is 4.79 Å². The van der Waals surface area contributed by atoms with Gasteiger partial charge in [0.05, 0.1) is 0 Å². The van der Waals surface area contributed by atoms with E-state index >= 15 is 0 Å². The molecule has 0 radical (unpaired) electrons. The highest BCUT2D eigenvalue weighted by Gasteiger charge is 2.38. The molecule has 2 aliphatic heterocycles. The van der Waals surface area contributed by atoms with Gasteiger partial charge in [-0.2, -0.15) is 0 Å². The molecule has 3 fully saturated rings. The average Bonchev–Trinajstić information content (AvgIpc) is 2.79. The van der Waals surface area contributed by atoms with Crippen LogP contribution in [0.15, 0.2) is 48.8 Å². The molecule has 4 nitrogen and oxygen atoms in total. The van der Waals surface area contributed by atoms with Gasteiger partial charge < -0.3 is 9.80 Å². The van der Waals surface area contributed by atoms with Crippen molar-refractivity contribution in [1.29, 1.82) is 0 Å². The Morgan fingerprint density at radius 2 is 1.65 bits per heavy atom. The molecule has 31 heavy (non-hydrogen) atoms. The van der Waals surface area contributed by atoms with Crippen molar-refractivity contribution in [2.45, 2.75) is 63.7 Å². The van der Waals surface area contributed by atoms with E-state index in [0.717, 1.165) is 51.9 Å². The number of benzene rings is 1. The molecule has 1 aliphatic carbocycles. The fourth-order valence-corrected chi connectivity index (χ4v) is 5.82. The molecule has 0 atom stereocenters. The second kappa shape index (κ2) is 8.64. The van der Waals surface area contributed by atoms with E-state index in [9.17, 15) is 4.79 Å². The monoisotopic (exact) mass is 417 g/mol. The van der Waals surface area contributed by atoms with Gasteiger partial charge in [0.25, 0.3) is 0 Å². The van der Waals surface area contributed by atoms with Crippen LogP contribution in [-0.4, -0.2) is 42.0 Å². The number of nitrogens with zero attached hydrogens (tertiary/aromatic N) is 3. The normalized spacial score (nSPS) is 22.2. The fraction of sp³-hybridized carbons (Fsp3) is 0.556.